The van der Waals surface area contributed by atoms with Gasteiger partial charge in [0.05, 0.1) is 30.1 Å². The fourth-order valence-corrected chi connectivity index (χ4v) is 6.57. The number of ether oxygens (including phenoxy) is 3. The highest BCUT2D eigenvalue weighted by Crippen LogP contribution is 2.40. The van der Waals surface area contributed by atoms with Crippen molar-refractivity contribution in [2.75, 3.05) is 49.2 Å². The zero-order valence-corrected chi connectivity index (χ0v) is 28.9. The van der Waals surface area contributed by atoms with Crippen LogP contribution in [0.2, 0.25) is 0 Å². The molecular formula is C38H40F3N7O4. The molecule has 2 fully saturated rings. The average Bonchev–Trinajstić information content (AvgIpc) is 3.78. The standard InChI is InChI=1S/C38H40F3N7O4/c1-3-27(2)48-36(49)47(26-44-48)33-9-7-31(8-10-33)45-17-19-46(20-18-45)32-11-13-34(14-12-32)50-24-35-25-51-37(52-35,22-28-15-16-42-43-23-28)29-5-4-6-30(21-29)38(39,40)41/h4-16,21,23,26-27,35H,3,17-20,22,24-25H2,1-2H3/t27?,35-,37+/m1/s1. The monoisotopic (exact) mass is 715 g/mol. The van der Waals surface area contributed by atoms with Crippen molar-refractivity contribution in [3.63, 3.8) is 0 Å². The van der Waals surface area contributed by atoms with E-state index in [0.29, 0.717) is 11.3 Å². The van der Waals surface area contributed by atoms with Crippen molar-refractivity contribution in [2.45, 2.75) is 50.8 Å². The summed E-state index contributed by atoms with van der Waals surface area (Å²) in [4.78, 5) is 17.5. The third-order valence-electron chi connectivity index (χ3n) is 9.68. The molecule has 0 radical (unpaired) electrons. The maximum atomic E-state index is 13.6. The van der Waals surface area contributed by atoms with Crippen LogP contribution in [0.1, 0.15) is 43.0 Å². The Balaban J connectivity index is 0.938. The normalized spacial score (nSPS) is 19.9. The fourth-order valence-electron chi connectivity index (χ4n) is 6.57. The molecule has 2 aliphatic heterocycles. The molecule has 0 saturated carbocycles. The Morgan fingerprint density at radius 2 is 1.60 bits per heavy atom. The molecule has 4 heterocycles. The van der Waals surface area contributed by atoms with E-state index >= 15 is 0 Å². The summed E-state index contributed by atoms with van der Waals surface area (Å²) in [5.74, 6) is -0.793. The smallest absolute Gasteiger partial charge is 0.416 e. The van der Waals surface area contributed by atoms with Gasteiger partial charge in [0, 0.05) is 55.7 Å². The summed E-state index contributed by atoms with van der Waals surface area (Å²) in [5.41, 5.74) is 3.03. The van der Waals surface area contributed by atoms with Crippen LogP contribution in [0.5, 0.6) is 5.75 Å². The van der Waals surface area contributed by atoms with Crippen LogP contribution in [0, 0.1) is 0 Å². The highest BCUT2D eigenvalue weighted by Gasteiger charge is 2.45. The molecule has 0 aliphatic carbocycles. The highest BCUT2D eigenvalue weighted by atomic mass is 19.4. The number of halogens is 3. The van der Waals surface area contributed by atoms with Crippen molar-refractivity contribution in [3.05, 3.63) is 125 Å². The average molecular weight is 716 g/mol. The predicted octanol–water partition coefficient (Wildman–Crippen LogP) is 6.03. The van der Waals surface area contributed by atoms with E-state index in [1.54, 1.807) is 29.2 Å². The lowest BCUT2D eigenvalue weighted by Gasteiger charge is -2.37. The number of anilines is 2. The highest BCUT2D eigenvalue weighted by molar-refractivity contribution is 5.54. The molecule has 11 nitrogen and oxygen atoms in total. The Labute approximate surface area is 299 Å². The molecule has 52 heavy (non-hydrogen) atoms. The summed E-state index contributed by atoms with van der Waals surface area (Å²) in [6.07, 6.45) is 0.594. The first-order valence-corrected chi connectivity index (χ1v) is 17.4. The molecule has 2 aromatic heterocycles. The number of benzene rings is 3. The second kappa shape index (κ2) is 14.8. The van der Waals surface area contributed by atoms with Crippen molar-refractivity contribution in [1.29, 1.82) is 0 Å². The Morgan fingerprint density at radius 1 is 0.923 bits per heavy atom. The Bertz CT molecular complexity index is 2000. The number of nitrogens with zero attached hydrogens (tertiary/aromatic N) is 7. The summed E-state index contributed by atoms with van der Waals surface area (Å²) in [5, 5.41) is 12.0. The van der Waals surface area contributed by atoms with Crippen LogP contribution in [-0.2, 0) is 27.9 Å². The Hall–Kier alpha value is -5.21. The second-order valence-electron chi connectivity index (χ2n) is 13.1. The lowest BCUT2D eigenvalue weighted by Crippen LogP contribution is -2.46. The molecule has 2 aliphatic rings. The molecule has 3 aromatic carbocycles. The van der Waals surface area contributed by atoms with E-state index in [0.717, 1.165) is 61.8 Å². The number of hydrogen-bond acceptors (Lipinski definition) is 9. The minimum Gasteiger partial charge on any atom is -0.491 e. The summed E-state index contributed by atoms with van der Waals surface area (Å²) in [6.45, 7) is 7.66. The van der Waals surface area contributed by atoms with Crippen LogP contribution in [0.3, 0.4) is 0 Å². The van der Waals surface area contributed by atoms with E-state index in [2.05, 4.69) is 25.1 Å². The van der Waals surface area contributed by atoms with E-state index in [1.807, 2.05) is 62.4 Å². The van der Waals surface area contributed by atoms with E-state index in [1.165, 1.54) is 16.9 Å². The zero-order valence-electron chi connectivity index (χ0n) is 28.9. The topological polar surface area (TPSA) is 99.8 Å². The van der Waals surface area contributed by atoms with Crippen LogP contribution >= 0.6 is 0 Å². The van der Waals surface area contributed by atoms with Crippen LogP contribution in [0.25, 0.3) is 5.69 Å². The predicted molar refractivity (Wildman–Crippen MR) is 189 cm³/mol. The molecule has 7 rings (SSSR count). The minimum atomic E-state index is -4.51. The van der Waals surface area contributed by atoms with Gasteiger partial charge >= 0.3 is 11.9 Å². The largest absolute Gasteiger partial charge is 0.491 e. The van der Waals surface area contributed by atoms with E-state index < -0.39 is 23.6 Å². The molecule has 0 amide bonds. The molecule has 14 heteroatoms. The second-order valence-corrected chi connectivity index (χ2v) is 13.1. The third kappa shape index (κ3) is 7.53. The molecule has 272 valence electrons. The van der Waals surface area contributed by atoms with Gasteiger partial charge in [-0.15, -0.1) is 0 Å². The van der Waals surface area contributed by atoms with Crippen molar-refractivity contribution in [2.24, 2.45) is 0 Å². The molecule has 0 spiro atoms. The van der Waals surface area contributed by atoms with Crippen LogP contribution in [0.15, 0.2) is 102 Å². The van der Waals surface area contributed by atoms with Crippen molar-refractivity contribution in [3.8, 4) is 11.4 Å². The van der Waals surface area contributed by atoms with Crippen molar-refractivity contribution in [1.82, 2.24) is 24.5 Å². The molecule has 3 atom stereocenters. The van der Waals surface area contributed by atoms with Crippen molar-refractivity contribution >= 4 is 11.4 Å². The lowest BCUT2D eigenvalue weighted by molar-refractivity contribution is -0.179. The van der Waals surface area contributed by atoms with Gasteiger partial charge in [-0.1, -0.05) is 19.1 Å². The maximum Gasteiger partial charge on any atom is 0.416 e. The van der Waals surface area contributed by atoms with Gasteiger partial charge in [-0.2, -0.15) is 28.5 Å². The summed E-state index contributed by atoms with van der Waals surface area (Å²) in [7, 11) is 0. The fraction of sp³-hybridized carbons (Fsp3) is 0.368. The van der Waals surface area contributed by atoms with Gasteiger partial charge in [0.1, 0.15) is 24.8 Å². The number of aromatic nitrogens is 5. The summed E-state index contributed by atoms with van der Waals surface area (Å²) >= 11 is 0. The van der Waals surface area contributed by atoms with E-state index in [-0.39, 0.29) is 36.9 Å². The molecule has 0 N–H and O–H groups in total. The first kappa shape index (κ1) is 35.2. The Morgan fingerprint density at radius 3 is 2.23 bits per heavy atom. The van der Waals surface area contributed by atoms with Gasteiger partial charge < -0.3 is 24.0 Å². The molecule has 1 unspecified atom stereocenters. The number of rotatable bonds is 11. The molecule has 2 saturated heterocycles. The summed E-state index contributed by atoms with van der Waals surface area (Å²) in [6, 6.07) is 22.7. The third-order valence-corrected chi connectivity index (χ3v) is 9.68. The zero-order chi connectivity index (χ0) is 36.3. The molecule has 0 bridgehead atoms. The van der Waals surface area contributed by atoms with Gasteiger partial charge in [0.15, 0.2) is 5.79 Å². The Kier molecular flexibility index (Phi) is 10.0. The van der Waals surface area contributed by atoms with Gasteiger partial charge in [-0.3, -0.25) is 0 Å². The van der Waals surface area contributed by atoms with Gasteiger partial charge in [0.25, 0.3) is 0 Å². The van der Waals surface area contributed by atoms with E-state index in [9.17, 15) is 18.0 Å². The maximum absolute atomic E-state index is 13.6. The first-order chi connectivity index (χ1) is 25.1. The van der Waals surface area contributed by atoms with Gasteiger partial charge in [0.2, 0.25) is 0 Å². The molecular weight excluding hydrogens is 675 g/mol. The minimum absolute atomic E-state index is 0.0433. The van der Waals surface area contributed by atoms with Crippen molar-refractivity contribution < 1.29 is 27.4 Å². The quantitative estimate of drug-likeness (QED) is 0.162. The van der Waals surface area contributed by atoms with E-state index in [4.69, 9.17) is 14.2 Å². The van der Waals surface area contributed by atoms with Crippen LogP contribution in [-0.4, -0.2) is 70.0 Å². The van der Waals surface area contributed by atoms with Gasteiger partial charge in [-0.05, 0) is 85.6 Å². The SMILES string of the molecule is CCC(C)n1ncn(-c2ccc(N3CCN(c4ccc(OC[C@@H]5CO[C@](Cc6ccnnc6)(c6cccc(C(F)(F)F)c6)O5)cc4)CC3)cc2)c1=O. The van der Waals surface area contributed by atoms with Gasteiger partial charge in [-0.25, -0.2) is 14.0 Å². The number of alkyl halides is 3. The molecule has 5 aromatic rings. The number of piperazine rings is 1. The summed E-state index contributed by atoms with van der Waals surface area (Å²) < 4.78 is 62.4. The van der Waals surface area contributed by atoms with Crippen LogP contribution in [0.4, 0.5) is 24.5 Å². The first-order valence-electron chi connectivity index (χ1n) is 17.4. The lowest BCUT2D eigenvalue weighted by atomic mass is 9.97. The number of hydrogen-bond donors (Lipinski definition) is 0. The van der Waals surface area contributed by atoms with Crippen LogP contribution < -0.4 is 20.2 Å².